The lowest BCUT2D eigenvalue weighted by molar-refractivity contribution is -0.121. The van der Waals surface area contributed by atoms with Crippen molar-refractivity contribution in [3.05, 3.63) is 113 Å². The summed E-state index contributed by atoms with van der Waals surface area (Å²) in [5.74, 6) is 0. The summed E-state index contributed by atoms with van der Waals surface area (Å²) in [5.41, 5.74) is 2.07. The van der Waals surface area contributed by atoms with Crippen LogP contribution in [0.25, 0.3) is 23.1 Å². The zero-order chi connectivity index (χ0) is 19.4. The maximum absolute atomic E-state index is 11.8. The number of hydrogen-bond acceptors (Lipinski definition) is 3. The van der Waals surface area contributed by atoms with Crippen molar-refractivity contribution in [2.24, 2.45) is 0 Å². The summed E-state index contributed by atoms with van der Waals surface area (Å²) in [6.07, 6.45) is 4.43. The highest BCUT2D eigenvalue weighted by Gasteiger charge is 2.30. The zero-order valence-corrected chi connectivity index (χ0v) is 15.2. The largest absolute Gasteiger partial charge is 0.373 e. The number of carbonyl (C=O) groups is 1. The summed E-state index contributed by atoms with van der Waals surface area (Å²) >= 11 is 0. The van der Waals surface area contributed by atoms with Crippen LogP contribution >= 0.6 is 0 Å². The summed E-state index contributed by atoms with van der Waals surface area (Å²) < 4.78 is 0. The fraction of sp³-hybridized carbons (Fsp3) is 0.0400. The molecule has 1 heterocycles. The van der Waals surface area contributed by atoms with Crippen LogP contribution in [0.4, 0.5) is 0 Å². The Morgan fingerprint density at radius 3 is 2.32 bits per heavy atom. The first-order valence-electron chi connectivity index (χ1n) is 9.08. The molecule has 136 valence electrons. The average molecular weight is 365 g/mol. The number of hydrogen-bond donors (Lipinski definition) is 1. The predicted molar refractivity (Wildman–Crippen MR) is 113 cm³/mol. The molecule has 1 aromatic heterocycles. The van der Waals surface area contributed by atoms with Crippen molar-refractivity contribution < 1.29 is 9.90 Å². The van der Waals surface area contributed by atoms with Crippen LogP contribution < -0.4 is 0 Å². The van der Waals surface area contributed by atoms with Crippen molar-refractivity contribution >= 4 is 29.3 Å². The van der Waals surface area contributed by atoms with Gasteiger partial charge >= 0.3 is 0 Å². The molecule has 4 aromatic rings. The third kappa shape index (κ3) is 3.48. The molecule has 0 bridgehead atoms. The van der Waals surface area contributed by atoms with E-state index in [4.69, 9.17) is 0 Å². The van der Waals surface area contributed by atoms with Gasteiger partial charge in [-0.25, -0.2) is 4.98 Å². The molecule has 0 radical (unpaired) electrons. The van der Waals surface area contributed by atoms with Gasteiger partial charge in [-0.2, -0.15) is 0 Å². The first kappa shape index (κ1) is 17.8. The average Bonchev–Trinajstić information content (AvgIpc) is 2.78. The van der Waals surface area contributed by atoms with E-state index in [0.717, 1.165) is 22.2 Å². The van der Waals surface area contributed by atoms with Gasteiger partial charge in [-0.15, -0.1) is 0 Å². The monoisotopic (exact) mass is 365 g/mol. The fourth-order valence-electron chi connectivity index (χ4n) is 3.23. The Morgan fingerprint density at radius 2 is 1.50 bits per heavy atom. The van der Waals surface area contributed by atoms with Crippen molar-refractivity contribution in [3.63, 3.8) is 0 Å². The van der Waals surface area contributed by atoms with Crippen LogP contribution in [0.1, 0.15) is 22.4 Å². The Balaban J connectivity index is 1.66. The molecule has 0 aliphatic heterocycles. The third-order valence-corrected chi connectivity index (χ3v) is 4.78. The predicted octanol–water partition coefficient (Wildman–Crippen LogP) is 4.84. The molecule has 1 unspecified atom stereocenters. The second-order valence-corrected chi connectivity index (χ2v) is 6.64. The van der Waals surface area contributed by atoms with E-state index in [0.29, 0.717) is 17.4 Å². The molecular formula is C25H19NO2. The quantitative estimate of drug-likeness (QED) is 0.515. The number of carbonyl (C=O) groups excluding carboxylic acids is 1. The fourth-order valence-corrected chi connectivity index (χ4v) is 3.23. The molecule has 3 nitrogen and oxygen atoms in total. The number of aldehydes is 1. The van der Waals surface area contributed by atoms with E-state index >= 15 is 0 Å². The molecule has 0 fully saturated rings. The van der Waals surface area contributed by atoms with Crippen LogP contribution in [0.5, 0.6) is 0 Å². The second-order valence-electron chi connectivity index (χ2n) is 6.64. The maximum Gasteiger partial charge on any atom is 0.170 e. The Kier molecular flexibility index (Phi) is 4.83. The molecule has 0 amide bonds. The number of rotatable bonds is 5. The number of nitrogens with zero attached hydrogens (tertiary/aromatic N) is 1. The normalized spacial score (nSPS) is 13.5. The van der Waals surface area contributed by atoms with Crippen molar-refractivity contribution in [2.45, 2.75) is 5.60 Å². The van der Waals surface area contributed by atoms with Crippen LogP contribution in [0, 0.1) is 0 Å². The lowest BCUT2D eigenvalue weighted by Gasteiger charge is -2.23. The highest BCUT2D eigenvalue weighted by Crippen LogP contribution is 2.28. The lowest BCUT2D eigenvalue weighted by Crippen LogP contribution is -2.29. The van der Waals surface area contributed by atoms with Crippen LogP contribution in [-0.2, 0) is 10.4 Å². The smallest absolute Gasteiger partial charge is 0.170 e. The number of pyridine rings is 1. The van der Waals surface area contributed by atoms with Gasteiger partial charge in [-0.1, -0.05) is 78.9 Å². The lowest BCUT2D eigenvalue weighted by atomic mass is 9.87. The van der Waals surface area contributed by atoms with Gasteiger partial charge in [-0.3, -0.25) is 4.79 Å². The third-order valence-electron chi connectivity index (χ3n) is 4.78. The van der Waals surface area contributed by atoms with E-state index in [1.165, 1.54) is 0 Å². The van der Waals surface area contributed by atoms with Gasteiger partial charge in [0.05, 0.1) is 11.2 Å². The van der Waals surface area contributed by atoms with Crippen molar-refractivity contribution in [1.29, 1.82) is 0 Å². The molecule has 4 rings (SSSR count). The van der Waals surface area contributed by atoms with E-state index in [9.17, 15) is 9.90 Å². The minimum absolute atomic E-state index is 0.530. The minimum Gasteiger partial charge on any atom is -0.373 e. The number of para-hydroxylation sites is 1. The Labute approximate surface area is 163 Å². The van der Waals surface area contributed by atoms with E-state index in [2.05, 4.69) is 4.98 Å². The van der Waals surface area contributed by atoms with E-state index in [1.54, 1.807) is 30.3 Å². The summed E-state index contributed by atoms with van der Waals surface area (Å²) in [6, 6.07) is 28.3. The molecule has 1 N–H and O–H groups in total. The molecular weight excluding hydrogens is 346 g/mol. The first-order valence-corrected chi connectivity index (χ1v) is 9.08. The first-order chi connectivity index (χ1) is 13.7. The van der Waals surface area contributed by atoms with Crippen LogP contribution in [0.3, 0.4) is 0 Å². The van der Waals surface area contributed by atoms with E-state index < -0.39 is 5.60 Å². The molecule has 0 spiro atoms. The number of fused-ring (bicyclic) bond motifs is 1. The second kappa shape index (κ2) is 7.59. The highest BCUT2D eigenvalue weighted by molar-refractivity contribution is 5.81. The Bertz CT molecular complexity index is 1150. The summed E-state index contributed by atoms with van der Waals surface area (Å²) in [4.78, 5) is 16.4. The van der Waals surface area contributed by atoms with Gasteiger partial charge in [0.25, 0.3) is 0 Å². The summed E-state index contributed by atoms with van der Waals surface area (Å²) in [7, 11) is 0. The van der Waals surface area contributed by atoms with E-state index in [-0.39, 0.29) is 0 Å². The minimum atomic E-state index is -1.67. The van der Waals surface area contributed by atoms with Gasteiger partial charge in [0, 0.05) is 5.39 Å². The number of benzene rings is 3. The molecule has 0 aliphatic rings. The number of aliphatic hydroxyl groups is 1. The molecule has 1 atom stereocenters. The molecule has 0 aliphatic carbocycles. The standard InChI is InChI=1S/C25H19NO2/c27-18-25(28,21-9-2-1-3-10-21)22-11-6-7-19(17-22)13-15-23-16-14-20-8-4-5-12-24(20)26-23/h1-18,28H. The van der Waals surface area contributed by atoms with E-state index in [1.807, 2.05) is 72.8 Å². The SMILES string of the molecule is O=CC(O)(c1ccccc1)c1cccc(C=Cc2ccc3ccccc3n2)c1. The number of aromatic nitrogens is 1. The molecule has 28 heavy (non-hydrogen) atoms. The van der Waals surface area contributed by atoms with Crippen LogP contribution in [0.2, 0.25) is 0 Å². The van der Waals surface area contributed by atoms with Gasteiger partial charge in [0.2, 0.25) is 0 Å². The molecule has 0 saturated carbocycles. The van der Waals surface area contributed by atoms with Crippen LogP contribution in [0.15, 0.2) is 91.0 Å². The topological polar surface area (TPSA) is 50.2 Å². The molecule has 0 saturated heterocycles. The summed E-state index contributed by atoms with van der Waals surface area (Å²) in [5, 5.41) is 12.1. The highest BCUT2D eigenvalue weighted by atomic mass is 16.3. The molecule has 3 aromatic carbocycles. The van der Waals surface area contributed by atoms with Gasteiger partial charge in [-0.05, 0) is 41.0 Å². The molecule has 3 heteroatoms. The van der Waals surface area contributed by atoms with Crippen molar-refractivity contribution in [1.82, 2.24) is 4.98 Å². The van der Waals surface area contributed by atoms with Crippen LogP contribution in [-0.4, -0.2) is 16.4 Å². The Hall–Kier alpha value is -3.56. The van der Waals surface area contributed by atoms with Gasteiger partial charge in [0.1, 0.15) is 0 Å². The summed E-state index contributed by atoms with van der Waals surface area (Å²) in [6.45, 7) is 0. The van der Waals surface area contributed by atoms with Crippen molar-refractivity contribution in [2.75, 3.05) is 0 Å². The van der Waals surface area contributed by atoms with Gasteiger partial charge < -0.3 is 5.11 Å². The maximum atomic E-state index is 11.8. The Morgan fingerprint density at radius 1 is 0.750 bits per heavy atom. The zero-order valence-electron chi connectivity index (χ0n) is 15.2. The van der Waals surface area contributed by atoms with Crippen molar-refractivity contribution in [3.8, 4) is 0 Å². The van der Waals surface area contributed by atoms with Gasteiger partial charge in [0.15, 0.2) is 11.9 Å².